The summed E-state index contributed by atoms with van der Waals surface area (Å²) in [5.74, 6) is -2.55. The predicted molar refractivity (Wildman–Crippen MR) is 86.1 cm³/mol. The van der Waals surface area contributed by atoms with Gasteiger partial charge in [0, 0.05) is 5.56 Å². The number of anilines is 1. The number of halogens is 3. The summed E-state index contributed by atoms with van der Waals surface area (Å²) >= 11 is 0. The number of carboxylic acid groups (broad SMARTS) is 1. The van der Waals surface area contributed by atoms with Crippen LogP contribution in [0.2, 0.25) is 0 Å². The Morgan fingerprint density at radius 3 is 2.42 bits per heavy atom. The van der Waals surface area contributed by atoms with Crippen LogP contribution in [0.1, 0.15) is 34.8 Å². The average Bonchev–Trinajstić information content (AvgIpc) is 2.60. The molecule has 136 valence electrons. The maximum Gasteiger partial charge on any atom is 0.417 e. The van der Waals surface area contributed by atoms with Gasteiger partial charge in [-0.15, -0.1) is 0 Å². The van der Waals surface area contributed by atoms with Crippen LogP contribution in [-0.2, 0) is 16.6 Å². The fourth-order valence-electron chi connectivity index (χ4n) is 2.96. The molecule has 2 N–H and O–H groups in total. The van der Waals surface area contributed by atoms with Gasteiger partial charge in [-0.3, -0.25) is 4.79 Å². The third-order valence-corrected chi connectivity index (χ3v) is 4.29. The number of ether oxygens (including phenoxy) is 1. The Morgan fingerprint density at radius 2 is 1.88 bits per heavy atom. The zero-order chi connectivity index (χ0) is 19.1. The van der Waals surface area contributed by atoms with Crippen LogP contribution in [0.5, 0.6) is 5.75 Å². The monoisotopic (exact) mass is 365 g/mol. The summed E-state index contributed by atoms with van der Waals surface area (Å²) in [5, 5.41) is 11.5. The summed E-state index contributed by atoms with van der Waals surface area (Å²) in [6.45, 7) is 1.67. The van der Waals surface area contributed by atoms with Crippen LogP contribution >= 0.6 is 0 Å². The minimum Gasteiger partial charge on any atom is -0.478 e. The number of amides is 1. The summed E-state index contributed by atoms with van der Waals surface area (Å²) < 4.78 is 45.5. The quantitative estimate of drug-likeness (QED) is 0.861. The van der Waals surface area contributed by atoms with E-state index in [0.717, 1.165) is 6.07 Å². The van der Waals surface area contributed by atoms with Gasteiger partial charge in [0.15, 0.2) is 0 Å². The zero-order valence-corrected chi connectivity index (χ0v) is 13.6. The van der Waals surface area contributed by atoms with Crippen LogP contribution in [0.15, 0.2) is 42.5 Å². The number of fused-ring (bicyclic) bond motifs is 1. The van der Waals surface area contributed by atoms with Crippen LogP contribution in [0.25, 0.3) is 0 Å². The number of alkyl halides is 3. The number of carbonyl (C=O) groups is 2. The summed E-state index contributed by atoms with van der Waals surface area (Å²) in [7, 11) is 0. The lowest BCUT2D eigenvalue weighted by Crippen LogP contribution is -2.48. The van der Waals surface area contributed by atoms with Crippen molar-refractivity contribution in [2.75, 3.05) is 5.32 Å². The molecule has 1 aliphatic rings. The first-order valence-corrected chi connectivity index (χ1v) is 7.73. The highest BCUT2D eigenvalue weighted by molar-refractivity contribution is 6.03. The molecule has 1 atom stereocenters. The molecule has 0 saturated heterocycles. The lowest BCUT2D eigenvalue weighted by molar-refractivity contribution is -0.138. The van der Waals surface area contributed by atoms with Crippen molar-refractivity contribution in [3.05, 3.63) is 59.2 Å². The summed E-state index contributed by atoms with van der Waals surface area (Å²) in [6, 6.07) is 9.78. The van der Waals surface area contributed by atoms with Gasteiger partial charge in [0.1, 0.15) is 5.75 Å². The van der Waals surface area contributed by atoms with E-state index < -0.39 is 34.8 Å². The van der Waals surface area contributed by atoms with Crippen molar-refractivity contribution in [1.29, 1.82) is 0 Å². The molecule has 3 rings (SSSR count). The van der Waals surface area contributed by atoms with E-state index in [2.05, 4.69) is 5.32 Å². The molecule has 0 saturated carbocycles. The number of benzene rings is 2. The van der Waals surface area contributed by atoms with Crippen molar-refractivity contribution in [2.45, 2.75) is 25.1 Å². The molecule has 5 nitrogen and oxygen atoms in total. The Hall–Kier alpha value is -3.03. The second-order valence-electron chi connectivity index (χ2n) is 5.80. The van der Waals surface area contributed by atoms with Crippen LogP contribution in [0, 0.1) is 0 Å². The Morgan fingerprint density at radius 1 is 1.23 bits per heavy atom. The molecule has 1 aliphatic heterocycles. The SMILES string of the molecule is CC[C@@]1(c2ccccc2)Oc2cc(C(F)(F)F)c(C(=O)O)cc2NC1=O. The molecule has 0 aliphatic carbocycles. The van der Waals surface area contributed by atoms with Gasteiger partial charge in [-0.2, -0.15) is 13.2 Å². The van der Waals surface area contributed by atoms with E-state index >= 15 is 0 Å². The molecule has 2 aromatic carbocycles. The molecule has 0 radical (unpaired) electrons. The average molecular weight is 365 g/mol. The van der Waals surface area contributed by atoms with Gasteiger partial charge in [-0.1, -0.05) is 37.3 Å². The van der Waals surface area contributed by atoms with Crippen LogP contribution in [-0.4, -0.2) is 17.0 Å². The lowest BCUT2D eigenvalue weighted by atomic mass is 9.88. The number of rotatable bonds is 3. The van der Waals surface area contributed by atoms with Gasteiger partial charge in [0.05, 0.1) is 16.8 Å². The standard InChI is InChI=1S/C18H14F3NO4/c1-2-17(10-6-4-3-5-7-10)16(25)22-13-8-11(15(23)24)12(18(19,20)21)9-14(13)26-17/h3-9H,2H2,1H3,(H,22,25)(H,23,24)/t17-/m0/s1. The van der Waals surface area contributed by atoms with E-state index in [1.807, 2.05) is 0 Å². The molecule has 0 unspecified atom stereocenters. The fourth-order valence-corrected chi connectivity index (χ4v) is 2.96. The Labute approximate surface area is 146 Å². The van der Waals surface area contributed by atoms with Crippen molar-refractivity contribution in [2.24, 2.45) is 0 Å². The van der Waals surface area contributed by atoms with E-state index in [-0.39, 0.29) is 17.9 Å². The Bertz CT molecular complexity index is 880. The molecule has 8 heteroatoms. The molecular weight excluding hydrogens is 351 g/mol. The predicted octanol–water partition coefficient (Wildman–Crippen LogP) is 4.04. The maximum atomic E-state index is 13.2. The number of carboxylic acids is 1. The number of nitrogens with one attached hydrogen (secondary N) is 1. The molecule has 0 bridgehead atoms. The van der Waals surface area contributed by atoms with Gasteiger partial charge in [0.2, 0.25) is 5.60 Å². The highest BCUT2D eigenvalue weighted by atomic mass is 19.4. The Balaban J connectivity index is 2.18. The number of hydrogen-bond acceptors (Lipinski definition) is 3. The maximum absolute atomic E-state index is 13.2. The third kappa shape index (κ3) is 2.77. The van der Waals surface area contributed by atoms with E-state index in [4.69, 9.17) is 9.84 Å². The largest absolute Gasteiger partial charge is 0.478 e. The molecule has 0 aromatic heterocycles. The van der Waals surface area contributed by atoms with Gasteiger partial charge in [-0.25, -0.2) is 4.79 Å². The van der Waals surface area contributed by atoms with Crippen LogP contribution in [0.3, 0.4) is 0 Å². The van der Waals surface area contributed by atoms with Gasteiger partial charge in [0.25, 0.3) is 5.91 Å². The van der Waals surface area contributed by atoms with E-state index in [0.29, 0.717) is 11.6 Å². The lowest BCUT2D eigenvalue weighted by Gasteiger charge is -2.37. The molecular formula is C18H14F3NO4. The molecule has 1 amide bonds. The van der Waals surface area contributed by atoms with Crippen molar-refractivity contribution in [3.8, 4) is 5.75 Å². The van der Waals surface area contributed by atoms with Gasteiger partial charge >= 0.3 is 12.1 Å². The topological polar surface area (TPSA) is 75.6 Å². The third-order valence-electron chi connectivity index (χ3n) is 4.29. The van der Waals surface area contributed by atoms with Crippen LogP contribution in [0.4, 0.5) is 18.9 Å². The zero-order valence-electron chi connectivity index (χ0n) is 13.6. The second kappa shape index (κ2) is 6.05. The Kier molecular flexibility index (Phi) is 4.14. The first-order valence-electron chi connectivity index (χ1n) is 7.73. The van der Waals surface area contributed by atoms with Crippen molar-refractivity contribution >= 4 is 17.6 Å². The van der Waals surface area contributed by atoms with Crippen LogP contribution < -0.4 is 10.1 Å². The molecule has 1 heterocycles. The van der Waals surface area contributed by atoms with Gasteiger partial charge < -0.3 is 15.2 Å². The summed E-state index contributed by atoms with van der Waals surface area (Å²) in [5.41, 5.74) is -3.41. The van der Waals surface area contributed by atoms with Crippen molar-refractivity contribution in [3.63, 3.8) is 0 Å². The minimum atomic E-state index is -4.88. The summed E-state index contributed by atoms with van der Waals surface area (Å²) in [6.07, 6.45) is -4.71. The number of hydrogen-bond donors (Lipinski definition) is 2. The smallest absolute Gasteiger partial charge is 0.417 e. The second-order valence-corrected chi connectivity index (χ2v) is 5.80. The van der Waals surface area contributed by atoms with E-state index in [9.17, 15) is 22.8 Å². The highest BCUT2D eigenvalue weighted by Crippen LogP contribution is 2.44. The number of aromatic carboxylic acids is 1. The number of carbonyl (C=O) groups excluding carboxylic acids is 1. The molecule has 2 aromatic rings. The van der Waals surface area contributed by atoms with E-state index in [1.165, 1.54) is 0 Å². The van der Waals surface area contributed by atoms with Crippen molar-refractivity contribution in [1.82, 2.24) is 0 Å². The van der Waals surface area contributed by atoms with Gasteiger partial charge in [-0.05, 0) is 18.6 Å². The molecule has 0 fully saturated rings. The first-order chi connectivity index (χ1) is 12.2. The molecule has 26 heavy (non-hydrogen) atoms. The minimum absolute atomic E-state index is 0.111. The highest BCUT2D eigenvalue weighted by Gasteiger charge is 2.46. The normalized spacial score (nSPS) is 19.3. The first kappa shape index (κ1) is 17.8. The summed E-state index contributed by atoms with van der Waals surface area (Å²) in [4.78, 5) is 23.9. The van der Waals surface area contributed by atoms with Crippen molar-refractivity contribution < 1.29 is 32.6 Å². The van der Waals surface area contributed by atoms with E-state index in [1.54, 1.807) is 37.3 Å². The molecule has 0 spiro atoms. The fraction of sp³-hybridized carbons (Fsp3) is 0.222.